The summed E-state index contributed by atoms with van der Waals surface area (Å²) in [5.41, 5.74) is 2.32. The maximum atomic E-state index is 12.6. The van der Waals surface area contributed by atoms with Crippen molar-refractivity contribution in [3.8, 4) is 11.5 Å². The van der Waals surface area contributed by atoms with E-state index in [1.54, 1.807) is 25.4 Å². The number of nitrogens with one attached hydrogen (secondary N) is 2. The van der Waals surface area contributed by atoms with Gasteiger partial charge in [0, 0.05) is 24.0 Å². The monoisotopic (exact) mass is 391 g/mol. The van der Waals surface area contributed by atoms with Crippen molar-refractivity contribution >= 4 is 17.4 Å². The molecule has 3 aromatic rings. The van der Waals surface area contributed by atoms with Crippen LogP contribution in [0.3, 0.4) is 0 Å². The Kier molecular flexibility index (Phi) is 6.68. The SMILES string of the molecule is COc1ccc(CNc2cc(C(=O)Nc3ccc(OC(C)C)cc3)ccn2)cc1. The molecular formula is C23H25N3O3. The number of anilines is 2. The van der Waals surface area contributed by atoms with E-state index in [2.05, 4.69) is 15.6 Å². The summed E-state index contributed by atoms with van der Waals surface area (Å²) in [6.07, 6.45) is 1.72. The largest absolute Gasteiger partial charge is 0.497 e. The normalized spacial score (nSPS) is 10.5. The van der Waals surface area contributed by atoms with Gasteiger partial charge < -0.3 is 20.1 Å². The molecule has 0 radical (unpaired) electrons. The molecule has 0 bridgehead atoms. The number of hydrogen-bond acceptors (Lipinski definition) is 5. The molecule has 29 heavy (non-hydrogen) atoms. The number of amides is 1. The Morgan fingerprint density at radius 2 is 1.69 bits per heavy atom. The molecular weight excluding hydrogens is 366 g/mol. The highest BCUT2D eigenvalue weighted by Crippen LogP contribution is 2.18. The van der Waals surface area contributed by atoms with Crippen LogP contribution in [0.5, 0.6) is 11.5 Å². The van der Waals surface area contributed by atoms with Gasteiger partial charge in [0.05, 0.1) is 13.2 Å². The van der Waals surface area contributed by atoms with Crippen LogP contribution in [0.25, 0.3) is 0 Å². The van der Waals surface area contributed by atoms with Crippen molar-refractivity contribution in [1.82, 2.24) is 4.98 Å². The average molecular weight is 391 g/mol. The summed E-state index contributed by atoms with van der Waals surface area (Å²) in [6.45, 7) is 4.54. The van der Waals surface area contributed by atoms with Crippen LogP contribution < -0.4 is 20.1 Å². The van der Waals surface area contributed by atoms with Crippen LogP contribution in [-0.2, 0) is 6.54 Å². The zero-order valence-electron chi connectivity index (χ0n) is 16.8. The number of rotatable bonds is 8. The predicted octanol–water partition coefficient (Wildman–Crippen LogP) is 4.74. The van der Waals surface area contributed by atoms with Crippen LogP contribution in [0.15, 0.2) is 66.9 Å². The van der Waals surface area contributed by atoms with Gasteiger partial charge in [0.1, 0.15) is 17.3 Å². The second kappa shape index (κ2) is 9.59. The van der Waals surface area contributed by atoms with Crippen molar-refractivity contribution in [2.24, 2.45) is 0 Å². The van der Waals surface area contributed by atoms with Gasteiger partial charge in [-0.2, -0.15) is 0 Å². The van der Waals surface area contributed by atoms with E-state index in [0.29, 0.717) is 23.6 Å². The third kappa shape index (κ3) is 5.97. The quantitative estimate of drug-likeness (QED) is 0.580. The number of benzene rings is 2. The van der Waals surface area contributed by atoms with Crippen molar-refractivity contribution in [2.75, 3.05) is 17.7 Å². The van der Waals surface area contributed by atoms with Crippen LogP contribution in [0, 0.1) is 0 Å². The lowest BCUT2D eigenvalue weighted by molar-refractivity contribution is 0.102. The summed E-state index contributed by atoms with van der Waals surface area (Å²) in [7, 11) is 1.64. The Labute approximate surface area is 170 Å². The molecule has 0 unspecified atom stereocenters. The lowest BCUT2D eigenvalue weighted by Gasteiger charge is -2.11. The third-order valence-corrected chi connectivity index (χ3v) is 4.14. The van der Waals surface area contributed by atoms with Gasteiger partial charge in [-0.25, -0.2) is 4.98 Å². The summed E-state index contributed by atoms with van der Waals surface area (Å²) >= 11 is 0. The minimum absolute atomic E-state index is 0.107. The van der Waals surface area contributed by atoms with Gasteiger partial charge in [0.2, 0.25) is 0 Å². The second-order valence-electron chi connectivity index (χ2n) is 6.78. The minimum atomic E-state index is -0.197. The molecule has 1 amide bonds. The molecule has 0 aliphatic heterocycles. The first-order valence-electron chi connectivity index (χ1n) is 9.44. The highest BCUT2D eigenvalue weighted by molar-refractivity contribution is 6.04. The third-order valence-electron chi connectivity index (χ3n) is 4.14. The highest BCUT2D eigenvalue weighted by Gasteiger charge is 2.08. The minimum Gasteiger partial charge on any atom is -0.497 e. The lowest BCUT2D eigenvalue weighted by atomic mass is 10.2. The molecule has 0 atom stereocenters. The number of nitrogens with zero attached hydrogens (tertiary/aromatic N) is 1. The van der Waals surface area contributed by atoms with Crippen molar-refractivity contribution in [1.29, 1.82) is 0 Å². The van der Waals surface area contributed by atoms with Crippen molar-refractivity contribution in [3.63, 3.8) is 0 Å². The van der Waals surface area contributed by atoms with Gasteiger partial charge >= 0.3 is 0 Å². The van der Waals surface area contributed by atoms with E-state index >= 15 is 0 Å². The molecule has 0 aliphatic carbocycles. The molecule has 0 saturated carbocycles. The summed E-state index contributed by atoms with van der Waals surface area (Å²) in [5.74, 6) is 2.02. The number of ether oxygens (including phenoxy) is 2. The van der Waals surface area contributed by atoms with Gasteiger partial charge in [0.25, 0.3) is 5.91 Å². The van der Waals surface area contributed by atoms with Crippen molar-refractivity contribution in [2.45, 2.75) is 26.5 Å². The fraction of sp³-hybridized carbons (Fsp3) is 0.217. The second-order valence-corrected chi connectivity index (χ2v) is 6.78. The maximum absolute atomic E-state index is 12.6. The molecule has 6 nitrogen and oxygen atoms in total. The maximum Gasteiger partial charge on any atom is 0.255 e. The van der Waals surface area contributed by atoms with Crippen LogP contribution >= 0.6 is 0 Å². The summed E-state index contributed by atoms with van der Waals surface area (Å²) in [6, 6.07) is 18.5. The topological polar surface area (TPSA) is 72.5 Å². The number of hydrogen-bond donors (Lipinski definition) is 2. The van der Waals surface area contributed by atoms with Gasteiger partial charge in [-0.15, -0.1) is 0 Å². The van der Waals surface area contributed by atoms with Crippen LogP contribution in [0.2, 0.25) is 0 Å². The van der Waals surface area contributed by atoms with E-state index in [0.717, 1.165) is 17.1 Å². The Balaban J connectivity index is 1.59. The van der Waals surface area contributed by atoms with Crippen LogP contribution in [0.4, 0.5) is 11.5 Å². The summed E-state index contributed by atoms with van der Waals surface area (Å²) in [4.78, 5) is 16.8. The molecule has 0 spiro atoms. The van der Waals surface area contributed by atoms with E-state index in [4.69, 9.17) is 9.47 Å². The number of carbonyl (C=O) groups excluding carboxylic acids is 1. The zero-order valence-corrected chi connectivity index (χ0v) is 16.8. The smallest absolute Gasteiger partial charge is 0.255 e. The number of pyridine rings is 1. The molecule has 3 rings (SSSR count). The molecule has 150 valence electrons. The van der Waals surface area contributed by atoms with Gasteiger partial charge in [0.15, 0.2) is 0 Å². The van der Waals surface area contributed by atoms with Crippen molar-refractivity contribution < 1.29 is 14.3 Å². The van der Waals surface area contributed by atoms with E-state index in [-0.39, 0.29) is 12.0 Å². The Morgan fingerprint density at radius 3 is 2.34 bits per heavy atom. The molecule has 1 heterocycles. The Morgan fingerprint density at radius 1 is 1.00 bits per heavy atom. The van der Waals surface area contributed by atoms with Gasteiger partial charge in [-0.3, -0.25) is 4.79 Å². The van der Waals surface area contributed by atoms with E-state index in [1.807, 2.05) is 62.4 Å². The van der Waals surface area contributed by atoms with Crippen LogP contribution in [0.1, 0.15) is 29.8 Å². The standard InChI is InChI=1S/C23H25N3O3/c1-16(2)29-21-10-6-19(7-11-21)26-23(27)18-12-13-24-22(14-18)25-15-17-4-8-20(28-3)9-5-17/h4-14,16H,15H2,1-3H3,(H,24,25)(H,26,27). The first-order chi connectivity index (χ1) is 14.0. The predicted molar refractivity (Wildman–Crippen MR) is 115 cm³/mol. The molecule has 1 aromatic heterocycles. The Bertz CT molecular complexity index is 938. The van der Waals surface area contributed by atoms with E-state index in [1.165, 1.54) is 0 Å². The molecule has 2 N–H and O–H groups in total. The molecule has 0 fully saturated rings. The molecule has 0 saturated heterocycles. The number of aromatic nitrogens is 1. The average Bonchev–Trinajstić information content (AvgIpc) is 2.74. The van der Waals surface area contributed by atoms with Crippen LogP contribution in [-0.4, -0.2) is 24.1 Å². The molecule has 2 aromatic carbocycles. The fourth-order valence-electron chi connectivity index (χ4n) is 2.70. The molecule has 0 aliphatic rings. The van der Waals surface area contributed by atoms with E-state index in [9.17, 15) is 4.79 Å². The van der Waals surface area contributed by atoms with Crippen molar-refractivity contribution in [3.05, 3.63) is 78.0 Å². The zero-order chi connectivity index (χ0) is 20.6. The molecule has 6 heteroatoms. The summed E-state index contributed by atoms with van der Waals surface area (Å²) < 4.78 is 10.8. The first kappa shape index (κ1) is 20.2. The van der Waals surface area contributed by atoms with Gasteiger partial charge in [-0.05, 0) is 67.9 Å². The number of carbonyl (C=O) groups is 1. The Hall–Kier alpha value is -3.54. The van der Waals surface area contributed by atoms with Gasteiger partial charge in [-0.1, -0.05) is 12.1 Å². The summed E-state index contributed by atoms with van der Waals surface area (Å²) in [5, 5.41) is 6.12. The highest BCUT2D eigenvalue weighted by atomic mass is 16.5. The van der Waals surface area contributed by atoms with E-state index < -0.39 is 0 Å². The number of methoxy groups -OCH3 is 1. The first-order valence-corrected chi connectivity index (χ1v) is 9.44. The fourth-order valence-corrected chi connectivity index (χ4v) is 2.70. The lowest BCUT2D eigenvalue weighted by Crippen LogP contribution is -2.13.